The van der Waals surface area contributed by atoms with Gasteiger partial charge >= 0.3 is 0 Å². The second-order valence-corrected chi connectivity index (χ2v) is 13.4. The van der Waals surface area contributed by atoms with E-state index in [0.29, 0.717) is 0 Å². The number of hydrogen-bond acceptors (Lipinski definition) is 5. The maximum atomic E-state index is 7.50. The second kappa shape index (κ2) is 10.1. The van der Waals surface area contributed by atoms with E-state index in [1.807, 2.05) is 12.1 Å². The fraction of sp³-hybridized carbons (Fsp3) is 0.268. The van der Waals surface area contributed by atoms with Gasteiger partial charge in [-0.25, -0.2) is 0 Å². The van der Waals surface area contributed by atoms with Crippen LogP contribution in [-0.4, -0.2) is 35.4 Å². The molecule has 1 atom stereocenters. The van der Waals surface area contributed by atoms with E-state index in [9.17, 15) is 0 Å². The number of nitrogens with zero attached hydrogens (tertiary/aromatic N) is 1. The molecule has 1 heterocycles. The minimum absolute atomic E-state index is 0.277. The van der Waals surface area contributed by atoms with Crippen LogP contribution in [0.5, 0.6) is 23.0 Å². The lowest BCUT2D eigenvalue weighted by molar-refractivity contribution is 0.163. The van der Waals surface area contributed by atoms with Gasteiger partial charge in [0.15, 0.2) is 5.60 Å². The summed E-state index contributed by atoms with van der Waals surface area (Å²) < 4.78 is 24.8. The van der Waals surface area contributed by atoms with E-state index in [1.165, 1.54) is 38.8 Å². The Balaban J connectivity index is 1.45. The molecule has 0 saturated heterocycles. The zero-order valence-corrected chi connectivity index (χ0v) is 27.6. The van der Waals surface area contributed by atoms with E-state index in [1.54, 1.807) is 21.3 Å². The van der Waals surface area contributed by atoms with Gasteiger partial charge in [-0.05, 0) is 106 Å². The minimum atomic E-state index is -0.848. The minimum Gasteiger partial charge on any atom is -0.497 e. The maximum Gasteiger partial charge on any atom is 0.178 e. The van der Waals surface area contributed by atoms with E-state index >= 15 is 0 Å². The van der Waals surface area contributed by atoms with Gasteiger partial charge in [0.1, 0.15) is 23.0 Å². The monoisotopic (exact) mass is 609 g/mol. The average molecular weight is 610 g/mol. The molecule has 1 unspecified atom stereocenters. The van der Waals surface area contributed by atoms with Crippen LogP contribution in [0.3, 0.4) is 0 Å². The fourth-order valence-electron chi connectivity index (χ4n) is 7.96. The van der Waals surface area contributed by atoms with Crippen LogP contribution in [-0.2, 0) is 23.9 Å². The summed E-state index contributed by atoms with van der Waals surface area (Å²) in [5.41, 5.74) is 11.2. The Bertz CT molecular complexity index is 2070. The number of methoxy groups -OCH3 is 3. The molecule has 5 heteroatoms. The normalized spacial score (nSPS) is 18.1. The third kappa shape index (κ3) is 3.87. The van der Waals surface area contributed by atoms with Crippen LogP contribution in [0.15, 0.2) is 78.9 Å². The first-order valence-electron chi connectivity index (χ1n) is 15.9. The van der Waals surface area contributed by atoms with E-state index in [0.717, 1.165) is 63.6 Å². The van der Waals surface area contributed by atoms with Crippen molar-refractivity contribution >= 4 is 22.5 Å². The Kier molecular flexibility index (Phi) is 6.24. The van der Waals surface area contributed by atoms with Crippen LogP contribution in [0.2, 0.25) is 0 Å². The van der Waals surface area contributed by atoms with Crippen LogP contribution in [0, 0.1) is 0 Å². The molecular weight excluding hydrogens is 570 g/mol. The first-order chi connectivity index (χ1) is 22.2. The van der Waals surface area contributed by atoms with Gasteiger partial charge in [0, 0.05) is 47.3 Å². The third-order valence-corrected chi connectivity index (χ3v) is 10.5. The number of anilines is 1. The Morgan fingerprint density at radius 1 is 0.696 bits per heavy atom. The Morgan fingerprint density at radius 2 is 1.33 bits per heavy atom. The van der Waals surface area contributed by atoms with E-state index < -0.39 is 5.60 Å². The number of benzene rings is 5. The molecule has 0 amide bonds. The fourth-order valence-corrected chi connectivity index (χ4v) is 7.96. The lowest BCUT2D eigenvalue weighted by Gasteiger charge is -2.42. The summed E-state index contributed by atoms with van der Waals surface area (Å²) in [4.78, 5) is 2.12. The largest absolute Gasteiger partial charge is 0.497 e. The van der Waals surface area contributed by atoms with Crippen molar-refractivity contribution in [2.24, 2.45) is 0 Å². The highest BCUT2D eigenvalue weighted by Gasteiger charge is 2.43. The molecule has 0 saturated carbocycles. The number of aryl methyl sites for hydroxylation is 1. The quantitative estimate of drug-likeness (QED) is 0.193. The molecule has 1 aliphatic heterocycles. The predicted octanol–water partition coefficient (Wildman–Crippen LogP) is 8.69. The molecule has 0 spiro atoms. The van der Waals surface area contributed by atoms with Crippen LogP contribution < -0.4 is 23.8 Å². The lowest BCUT2D eigenvalue weighted by Crippen LogP contribution is -2.35. The van der Waals surface area contributed by atoms with Gasteiger partial charge < -0.3 is 23.8 Å². The summed E-state index contributed by atoms with van der Waals surface area (Å²) in [6, 6.07) is 25.8. The number of fused-ring (bicyclic) bond motifs is 3. The standard InChI is InChI=1S/C41H39NO4/c1-40(2)34-22-29(44-6)20-24-8-17-31-32-18-19-41(26-11-15-28(43-5)16-12-26,25-9-13-27(14-10-25)42(3)4)46-39(32)33-21-30(45-7)23-35(40)37(33)38(31)36(24)34/h9-16,18-23H,8,17H2,1-7H3. The molecule has 232 valence electrons. The van der Waals surface area contributed by atoms with Gasteiger partial charge in [-0.15, -0.1) is 0 Å². The molecule has 5 aromatic rings. The summed E-state index contributed by atoms with van der Waals surface area (Å²) in [6.45, 7) is 4.64. The zero-order valence-electron chi connectivity index (χ0n) is 27.6. The summed E-state index contributed by atoms with van der Waals surface area (Å²) >= 11 is 0. The van der Waals surface area contributed by atoms with Gasteiger partial charge in [0.05, 0.1) is 21.3 Å². The zero-order chi connectivity index (χ0) is 32.0. The van der Waals surface area contributed by atoms with Crippen molar-refractivity contribution in [3.63, 3.8) is 0 Å². The number of ether oxygens (including phenoxy) is 4. The van der Waals surface area contributed by atoms with Crippen LogP contribution >= 0.6 is 0 Å². The van der Waals surface area contributed by atoms with Crippen LogP contribution in [0.25, 0.3) is 28.0 Å². The Morgan fingerprint density at radius 3 is 1.98 bits per heavy atom. The molecule has 3 aliphatic rings. The van der Waals surface area contributed by atoms with E-state index in [-0.39, 0.29) is 5.41 Å². The Hall–Kier alpha value is -4.90. The molecule has 0 radical (unpaired) electrons. The predicted molar refractivity (Wildman–Crippen MR) is 186 cm³/mol. The van der Waals surface area contributed by atoms with Gasteiger partial charge in [-0.1, -0.05) is 44.2 Å². The summed E-state index contributed by atoms with van der Waals surface area (Å²) in [5, 5.41) is 2.35. The smallest absolute Gasteiger partial charge is 0.178 e. The SMILES string of the molecule is COc1ccc(C2(c3ccc(N(C)C)cc3)C=Cc3c4c5c6c(cc(OC)cc6c3O2)C(C)(C)c2cc(OC)cc(c2-5)CC4)cc1. The van der Waals surface area contributed by atoms with Crippen LogP contribution in [0.1, 0.15) is 52.8 Å². The van der Waals surface area contributed by atoms with Crippen molar-refractivity contribution in [2.45, 2.75) is 37.7 Å². The summed E-state index contributed by atoms with van der Waals surface area (Å²) in [7, 11) is 9.33. The number of rotatable bonds is 6. The highest BCUT2D eigenvalue weighted by molar-refractivity contribution is 6.11. The van der Waals surface area contributed by atoms with Crippen molar-refractivity contribution < 1.29 is 18.9 Å². The molecule has 2 aliphatic carbocycles. The highest BCUT2D eigenvalue weighted by Crippen LogP contribution is 2.59. The molecule has 0 N–H and O–H groups in total. The molecule has 46 heavy (non-hydrogen) atoms. The third-order valence-electron chi connectivity index (χ3n) is 10.5. The molecule has 5 aromatic carbocycles. The lowest BCUT2D eigenvalue weighted by atomic mass is 9.63. The van der Waals surface area contributed by atoms with Gasteiger partial charge in [-0.3, -0.25) is 0 Å². The molecular formula is C41H39NO4. The topological polar surface area (TPSA) is 40.2 Å². The first kappa shape index (κ1) is 28.6. The van der Waals surface area contributed by atoms with Crippen LogP contribution in [0.4, 0.5) is 5.69 Å². The van der Waals surface area contributed by atoms with E-state index in [2.05, 4.69) is 106 Å². The van der Waals surface area contributed by atoms with Crippen molar-refractivity contribution in [2.75, 3.05) is 40.3 Å². The highest BCUT2D eigenvalue weighted by atomic mass is 16.5. The van der Waals surface area contributed by atoms with Crippen molar-refractivity contribution in [1.82, 2.24) is 0 Å². The molecule has 0 bridgehead atoms. The summed E-state index contributed by atoms with van der Waals surface area (Å²) in [5.74, 6) is 3.45. The van der Waals surface area contributed by atoms with Crippen molar-refractivity contribution in [1.29, 1.82) is 0 Å². The first-order valence-corrected chi connectivity index (χ1v) is 15.9. The maximum absolute atomic E-state index is 7.50. The molecule has 0 fully saturated rings. The molecule has 8 rings (SSSR count). The average Bonchev–Trinajstić information content (AvgIpc) is 3.09. The molecule has 5 nitrogen and oxygen atoms in total. The number of hydrogen-bond donors (Lipinski definition) is 0. The van der Waals surface area contributed by atoms with Crippen molar-refractivity contribution in [3.8, 4) is 34.1 Å². The Labute approximate surface area is 271 Å². The van der Waals surface area contributed by atoms with E-state index in [4.69, 9.17) is 18.9 Å². The van der Waals surface area contributed by atoms with Gasteiger partial charge in [0.2, 0.25) is 0 Å². The van der Waals surface area contributed by atoms with Crippen molar-refractivity contribution in [3.05, 3.63) is 118 Å². The van der Waals surface area contributed by atoms with Gasteiger partial charge in [-0.2, -0.15) is 0 Å². The van der Waals surface area contributed by atoms with Gasteiger partial charge in [0.25, 0.3) is 0 Å². The summed E-state index contributed by atoms with van der Waals surface area (Å²) in [6.07, 6.45) is 6.44. The second-order valence-electron chi connectivity index (χ2n) is 13.4. The molecule has 0 aromatic heterocycles.